The van der Waals surface area contributed by atoms with Crippen molar-refractivity contribution in [3.05, 3.63) is 54.3 Å². The molecule has 1 fully saturated rings. The maximum atomic E-state index is 13.2. The van der Waals surface area contributed by atoms with Crippen LogP contribution in [0.25, 0.3) is 31.3 Å². The van der Waals surface area contributed by atoms with Crippen LogP contribution in [0.3, 0.4) is 0 Å². The molecule has 17 heteroatoms. The minimum atomic E-state index is -1.06. The second-order valence-electron chi connectivity index (χ2n) is 7.70. The molecule has 0 aromatic heterocycles. The maximum absolute atomic E-state index is 13.2. The van der Waals surface area contributed by atoms with Gasteiger partial charge in [-0.1, -0.05) is 38.5 Å². The molecule has 0 bridgehead atoms. The van der Waals surface area contributed by atoms with E-state index >= 15 is 0 Å². The van der Waals surface area contributed by atoms with Gasteiger partial charge in [0.05, 0.1) is 12.2 Å². The largest absolute Gasteiger partial charge is 0.355 e. The first-order chi connectivity index (χ1) is 15.8. The van der Waals surface area contributed by atoms with Crippen molar-refractivity contribution in [2.45, 2.75) is 43.3 Å². The lowest BCUT2D eigenvalue weighted by atomic mass is 9.72. The zero-order chi connectivity index (χ0) is 24.4. The van der Waals surface area contributed by atoms with E-state index in [-0.39, 0.29) is 36.5 Å². The number of alkyl halides is 1. The van der Waals surface area contributed by atoms with Crippen LogP contribution in [-0.4, -0.2) is 53.1 Å². The first-order valence-corrected chi connectivity index (χ1v) is 10.7. The molecule has 1 aliphatic carbocycles. The fraction of sp³-hybridized carbons (Fsp3) is 0.688. The molecular weight excluding hydrogens is 475 g/mol. The molecule has 0 spiro atoms. The lowest BCUT2D eigenvalue weighted by Crippen LogP contribution is -2.59. The number of carbonyl (C=O) groups excluding carboxylic acids is 1. The minimum Gasteiger partial charge on any atom is -0.355 e. The van der Waals surface area contributed by atoms with Crippen molar-refractivity contribution in [2.75, 3.05) is 19.6 Å². The Morgan fingerprint density at radius 3 is 2.27 bits per heavy atom. The molecule has 2 rings (SSSR count). The van der Waals surface area contributed by atoms with E-state index in [1.54, 1.807) is 6.08 Å². The highest BCUT2D eigenvalue weighted by molar-refractivity contribution is 6.31. The first kappa shape index (κ1) is 26.4. The lowest BCUT2D eigenvalue weighted by Gasteiger charge is -2.43. The summed E-state index contributed by atoms with van der Waals surface area (Å²) in [5.41, 5.74) is 25.3. The van der Waals surface area contributed by atoms with Crippen LogP contribution in [0.15, 0.2) is 38.3 Å². The third kappa shape index (κ3) is 6.81. The number of nitrogens with one attached hydrogen (secondary N) is 1. The minimum absolute atomic E-state index is 0.0815. The van der Waals surface area contributed by atoms with E-state index in [1.807, 2.05) is 0 Å². The Kier molecular flexibility index (Phi) is 9.92. The number of nitrogens with two attached hydrogens (primary N) is 2. The van der Waals surface area contributed by atoms with Gasteiger partial charge in [0, 0.05) is 33.9 Å². The predicted octanol–water partition coefficient (Wildman–Crippen LogP) is 3.23. The van der Waals surface area contributed by atoms with E-state index in [9.17, 15) is 4.79 Å². The predicted molar refractivity (Wildman–Crippen MR) is 122 cm³/mol. The molecule has 1 amide bonds. The Morgan fingerprint density at radius 1 is 1.18 bits per heavy atom. The Morgan fingerprint density at radius 2 is 1.76 bits per heavy atom. The number of amides is 1. The zero-order valence-electron chi connectivity index (χ0n) is 17.6. The molecule has 1 heterocycles. The molecule has 1 unspecified atom stereocenters. The van der Waals surface area contributed by atoms with Gasteiger partial charge >= 0.3 is 0 Å². The molecule has 33 heavy (non-hydrogen) atoms. The standard InChI is InChI=1S/C16H24Cl2N14O/c17-13-2-1-11(14(18)27-13)32(23)15(33)12(7-24-28-19)31(22)10-3-5-16(6-4-10,8-25-29-20)9-26-30-21/h1-2,10,12-13,27H,3-9,22-23H2/t12-,13?/m1/s1. The summed E-state index contributed by atoms with van der Waals surface area (Å²) >= 11 is 12.1. The Bertz CT molecular complexity index is 903. The van der Waals surface area contributed by atoms with E-state index in [0.717, 1.165) is 5.01 Å². The SMILES string of the molecule is [N-]=[N+]=NC[C@H](C(=O)N(N)C1=C(Cl)NC(Cl)C=C1)N(N)C1CCC(CN=[N+]=[N-])(CN=[N+]=[N-])CC1. The summed E-state index contributed by atoms with van der Waals surface area (Å²) < 4.78 is 0. The fourth-order valence-corrected chi connectivity index (χ4v) is 4.38. The van der Waals surface area contributed by atoms with E-state index in [2.05, 4.69) is 35.4 Å². The van der Waals surface area contributed by atoms with Gasteiger partial charge in [0.1, 0.15) is 16.7 Å². The first-order valence-electron chi connectivity index (χ1n) is 9.91. The van der Waals surface area contributed by atoms with E-state index in [0.29, 0.717) is 25.7 Å². The monoisotopic (exact) mass is 498 g/mol. The van der Waals surface area contributed by atoms with Gasteiger partial charge in [-0.25, -0.2) is 15.9 Å². The summed E-state index contributed by atoms with van der Waals surface area (Å²) in [4.78, 5) is 21.5. The number of allylic oxidation sites excluding steroid dienone is 1. The number of azide groups is 3. The number of hydrogen-bond acceptors (Lipinski definition) is 8. The third-order valence-corrected chi connectivity index (χ3v) is 6.31. The summed E-state index contributed by atoms with van der Waals surface area (Å²) in [6, 6.07) is -1.32. The fourth-order valence-electron chi connectivity index (χ4n) is 3.87. The van der Waals surface area contributed by atoms with E-state index in [1.165, 1.54) is 11.1 Å². The van der Waals surface area contributed by atoms with Gasteiger partial charge in [0.15, 0.2) is 0 Å². The van der Waals surface area contributed by atoms with Gasteiger partial charge in [-0.05, 0) is 59.8 Å². The van der Waals surface area contributed by atoms with Gasteiger partial charge < -0.3 is 5.32 Å². The Labute approximate surface area is 199 Å². The van der Waals surface area contributed by atoms with Gasteiger partial charge in [0.2, 0.25) is 0 Å². The van der Waals surface area contributed by atoms with Crippen molar-refractivity contribution in [1.82, 2.24) is 15.3 Å². The number of hydrazine groups is 2. The number of hydrogen-bond donors (Lipinski definition) is 3. The molecule has 15 nitrogen and oxygen atoms in total. The van der Waals surface area contributed by atoms with Crippen LogP contribution in [-0.2, 0) is 4.79 Å². The number of dihydropyridines is 1. The molecule has 0 aromatic carbocycles. The molecule has 2 aliphatic rings. The van der Waals surface area contributed by atoms with Crippen molar-refractivity contribution >= 4 is 29.1 Å². The van der Waals surface area contributed by atoms with Gasteiger partial charge in [-0.15, -0.1) is 0 Å². The second kappa shape index (κ2) is 12.4. The van der Waals surface area contributed by atoms with Crippen LogP contribution in [0, 0.1) is 5.41 Å². The van der Waals surface area contributed by atoms with Crippen molar-refractivity contribution in [3.8, 4) is 0 Å². The average Bonchev–Trinajstić information content (AvgIpc) is 2.81. The highest BCUT2D eigenvalue weighted by atomic mass is 35.5. The molecule has 178 valence electrons. The third-order valence-electron chi connectivity index (χ3n) is 5.75. The van der Waals surface area contributed by atoms with E-state index < -0.39 is 22.9 Å². The number of rotatable bonds is 10. The van der Waals surface area contributed by atoms with Crippen LogP contribution >= 0.6 is 23.2 Å². The summed E-state index contributed by atoms with van der Waals surface area (Å²) in [6.45, 7) is 0.120. The quantitative estimate of drug-likeness (QED) is 0.0598. The van der Waals surface area contributed by atoms with Crippen LogP contribution in [0.2, 0.25) is 0 Å². The Hall–Kier alpha value is -2.86. The molecule has 1 aliphatic heterocycles. The van der Waals surface area contributed by atoms with Crippen LogP contribution in [0.1, 0.15) is 25.7 Å². The number of nitrogens with zero attached hydrogens (tertiary/aromatic N) is 11. The van der Waals surface area contributed by atoms with Crippen LogP contribution < -0.4 is 17.0 Å². The second-order valence-corrected chi connectivity index (χ2v) is 8.55. The summed E-state index contributed by atoms with van der Waals surface area (Å²) in [6.07, 6.45) is 5.23. The summed E-state index contributed by atoms with van der Waals surface area (Å²) in [5, 5.41) is 15.8. The van der Waals surface area contributed by atoms with Crippen LogP contribution in [0.4, 0.5) is 0 Å². The van der Waals surface area contributed by atoms with Gasteiger partial charge in [-0.2, -0.15) is 0 Å². The molecular formula is C16H24Cl2N14O. The van der Waals surface area contributed by atoms with E-state index in [4.69, 9.17) is 51.5 Å². The molecule has 2 atom stereocenters. The maximum Gasteiger partial charge on any atom is 0.260 e. The lowest BCUT2D eigenvalue weighted by molar-refractivity contribution is -0.136. The zero-order valence-corrected chi connectivity index (χ0v) is 19.1. The molecule has 0 radical (unpaired) electrons. The van der Waals surface area contributed by atoms with Crippen molar-refractivity contribution in [1.29, 1.82) is 0 Å². The smallest absolute Gasteiger partial charge is 0.260 e. The van der Waals surface area contributed by atoms with Gasteiger partial charge in [0.25, 0.3) is 5.91 Å². The normalized spacial score (nSPS) is 25.2. The molecule has 0 aromatic rings. The van der Waals surface area contributed by atoms with Crippen molar-refractivity contribution in [3.63, 3.8) is 0 Å². The summed E-state index contributed by atoms with van der Waals surface area (Å²) in [7, 11) is 0. The van der Waals surface area contributed by atoms with Crippen LogP contribution in [0.5, 0.6) is 0 Å². The average molecular weight is 499 g/mol. The number of halogens is 2. The Balaban J connectivity index is 2.18. The van der Waals surface area contributed by atoms with Crippen molar-refractivity contribution in [2.24, 2.45) is 32.4 Å². The highest BCUT2D eigenvalue weighted by Gasteiger charge is 2.39. The van der Waals surface area contributed by atoms with Crippen molar-refractivity contribution < 1.29 is 4.79 Å². The topological polar surface area (TPSA) is 234 Å². The molecule has 5 N–H and O–H groups in total. The van der Waals surface area contributed by atoms with Gasteiger partial charge in [-0.3, -0.25) is 10.6 Å². The highest BCUT2D eigenvalue weighted by Crippen LogP contribution is 2.39. The molecule has 0 saturated heterocycles. The summed E-state index contributed by atoms with van der Waals surface area (Å²) in [5.74, 6) is 11.7. The number of carbonyl (C=O) groups is 1. The molecule has 1 saturated carbocycles.